The van der Waals surface area contributed by atoms with Crippen molar-refractivity contribution in [2.45, 2.75) is 11.8 Å². The molecular formula is C9H7F3N2O2. The molecule has 1 aliphatic heterocycles. The zero-order valence-corrected chi connectivity index (χ0v) is 7.80. The molecule has 7 heteroatoms. The fourth-order valence-corrected chi connectivity index (χ4v) is 1.49. The van der Waals surface area contributed by atoms with Crippen LogP contribution >= 0.6 is 0 Å². The molecule has 1 aliphatic rings. The molecule has 0 radical (unpaired) electrons. The second-order valence-corrected chi connectivity index (χ2v) is 3.35. The lowest BCUT2D eigenvalue weighted by atomic mass is 9.97. The molecule has 0 aromatic heterocycles. The maximum Gasteiger partial charge on any atom is 0.426 e. The Kier molecular flexibility index (Phi) is 2.18. The summed E-state index contributed by atoms with van der Waals surface area (Å²) >= 11 is 0. The number of hydrogen-bond acceptors (Lipinski definition) is 3. The van der Waals surface area contributed by atoms with E-state index in [1.165, 1.54) is 12.1 Å². The van der Waals surface area contributed by atoms with E-state index >= 15 is 0 Å². The molecule has 86 valence electrons. The van der Waals surface area contributed by atoms with Gasteiger partial charge in [-0.05, 0) is 6.07 Å². The van der Waals surface area contributed by atoms with Crippen LogP contribution in [0.4, 0.5) is 13.2 Å². The monoisotopic (exact) mass is 232 g/mol. The first-order chi connectivity index (χ1) is 7.38. The molecule has 0 bridgehead atoms. The molecule has 16 heavy (non-hydrogen) atoms. The van der Waals surface area contributed by atoms with Crippen LogP contribution in [0, 0.1) is 0 Å². The molecule has 0 atom stereocenters. The maximum absolute atomic E-state index is 12.7. The van der Waals surface area contributed by atoms with Crippen LogP contribution in [0.5, 0.6) is 0 Å². The Morgan fingerprint density at radius 1 is 1.25 bits per heavy atom. The first kappa shape index (κ1) is 10.9. The second-order valence-electron chi connectivity index (χ2n) is 3.35. The first-order valence-electron chi connectivity index (χ1n) is 4.32. The predicted octanol–water partition coefficient (Wildman–Crippen LogP) is 1.21. The Morgan fingerprint density at radius 3 is 2.25 bits per heavy atom. The highest BCUT2D eigenvalue weighted by Crippen LogP contribution is 2.43. The maximum atomic E-state index is 12.7. The SMILES string of the molecule is O=C(O)c1ccccc1C1(C(F)(F)F)NN1. The van der Waals surface area contributed by atoms with E-state index in [-0.39, 0.29) is 11.1 Å². The van der Waals surface area contributed by atoms with Gasteiger partial charge in [0.1, 0.15) is 0 Å². The number of carbonyl (C=O) groups is 1. The van der Waals surface area contributed by atoms with Gasteiger partial charge in [0, 0.05) is 5.56 Å². The quantitative estimate of drug-likeness (QED) is 0.669. The van der Waals surface area contributed by atoms with Crippen LogP contribution < -0.4 is 10.9 Å². The van der Waals surface area contributed by atoms with Gasteiger partial charge in [0.2, 0.25) is 5.66 Å². The van der Waals surface area contributed by atoms with Crippen molar-refractivity contribution in [1.82, 2.24) is 10.9 Å². The van der Waals surface area contributed by atoms with Gasteiger partial charge in [0.25, 0.3) is 0 Å². The number of benzene rings is 1. The Labute approximate surface area is 88.0 Å². The van der Waals surface area contributed by atoms with Crippen LogP contribution in [0.3, 0.4) is 0 Å². The van der Waals surface area contributed by atoms with Crippen molar-refractivity contribution in [2.75, 3.05) is 0 Å². The number of nitrogens with one attached hydrogen (secondary N) is 2. The molecule has 0 unspecified atom stereocenters. The number of rotatable bonds is 2. The van der Waals surface area contributed by atoms with Crippen molar-refractivity contribution in [1.29, 1.82) is 0 Å². The molecule has 0 spiro atoms. The molecule has 1 aromatic carbocycles. The van der Waals surface area contributed by atoms with Gasteiger partial charge in [-0.15, -0.1) is 0 Å². The van der Waals surface area contributed by atoms with Crippen molar-refractivity contribution in [2.24, 2.45) is 0 Å². The van der Waals surface area contributed by atoms with E-state index in [0.29, 0.717) is 0 Å². The van der Waals surface area contributed by atoms with Crippen molar-refractivity contribution in [3.05, 3.63) is 35.4 Å². The molecule has 3 N–H and O–H groups in total. The van der Waals surface area contributed by atoms with Crippen molar-refractivity contribution in [3.63, 3.8) is 0 Å². The third kappa shape index (κ3) is 1.44. The van der Waals surface area contributed by atoms with E-state index in [1.54, 1.807) is 0 Å². The van der Waals surface area contributed by atoms with E-state index in [0.717, 1.165) is 12.1 Å². The van der Waals surface area contributed by atoms with Crippen molar-refractivity contribution in [3.8, 4) is 0 Å². The largest absolute Gasteiger partial charge is 0.478 e. The van der Waals surface area contributed by atoms with E-state index in [4.69, 9.17) is 5.11 Å². The van der Waals surface area contributed by atoms with E-state index < -0.39 is 17.8 Å². The average molecular weight is 232 g/mol. The molecule has 1 saturated heterocycles. The smallest absolute Gasteiger partial charge is 0.426 e. The molecule has 1 fully saturated rings. The molecule has 4 nitrogen and oxygen atoms in total. The topological polar surface area (TPSA) is 81.2 Å². The Hall–Kier alpha value is -1.60. The van der Waals surface area contributed by atoms with Crippen LogP contribution in [0.2, 0.25) is 0 Å². The summed E-state index contributed by atoms with van der Waals surface area (Å²) in [5.41, 5.74) is 0.778. The number of halogens is 3. The van der Waals surface area contributed by atoms with Gasteiger partial charge in [-0.25, -0.2) is 15.6 Å². The number of carboxylic acid groups (broad SMARTS) is 1. The first-order valence-corrected chi connectivity index (χ1v) is 4.32. The lowest BCUT2D eigenvalue weighted by Gasteiger charge is -2.17. The second kappa shape index (κ2) is 3.19. The number of aromatic carboxylic acids is 1. The zero-order valence-electron chi connectivity index (χ0n) is 7.80. The van der Waals surface area contributed by atoms with E-state index in [1.807, 2.05) is 10.9 Å². The summed E-state index contributed by atoms with van der Waals surface area (Å²) in [5.74, 6) is -1.39. The lowest BCUT2D eigenvalue weighted by molar-refractivity contribution is -0.165. The summed E-state index contributed by atoms with van der Waals surface area (Å²) in [4.78, 5) is 10.8. The molecule has 1 heterocycles. The highest BCUT2D eigenvalue weighted by Gasteiger charge is 2.66. The summed E-state index contributed by atoms with van der Waals surface area (Å²) in [7, 11) is 0. The predicted molar refractivity (Wildman–Crippen MR) is 47.4 cm³/mol. The molecule has 0 saturated carbocycles. The van der Waals surface area contributed by atoms with Crippen LogP contribution in [0.1, 0.15) is 15.9 Å². The zero-order chi connectivity index (χ0) is 12.0. The highest BCUT2D eigenvalue weighted by molar-refractivity contribution is 5.90. The highest BCUT2D eigenvalue weighted by atomic mass is 19.4. The fourth-order valence-electron chi connectivity index (χ4n) is 1.49. The summed E-state index contributed by atoms with van der Waals surface area (Å²) in [5, 5.41) is 8.80. The van der Waals surface area contributed by atoms with Crippen LogP contribution in [-0.4, -0.2) is 17.3 Å². The number of hydrazine groups is 1. The number of hydrogen-bond donors (Lipinski definition) is 3. The third-order valence-electron chi connectivity index (χ3n) is 2.36. The van der Waals surface area contributed by atoms with E-state index in [2.05, 4.69) is 0 Å². The van der Waals surface area contributed by atoms with Gasteiger partial charge in [-0.3, -0.25) is 0 Å². The minimum Gasteiger partial charge on any atom is -0.478 e. The summed E-state index contributed by atoms with van der Waals surface area (Å²) in [6.45, 7) is 0. The summed E-state index contributed by atoms with van der Waals surface area (Å²) < 4.78 is 38.1. The molecule has 2 rings (SSSR count). The van der Waals surface area contributed by atoms with Crippen LogP contribution in [-0.2, 0) is 5.66 Å². The Bertz CT molecular complexity index is 441. The molecule has 0 aliphatic carbocycles. The lowest BCUT2D eigenvalue weighted by Crippen LogP contribution is -2.36. The fraction of sp³-hybridized carbons (Fsp3) is 0.222. The minimum atomic E-state index is -4.60. The minimum absolute atomic E-state index is 0.338. The summed E-state index contributed by atoms with van der Waals surface area (Å²) in [6, 6.07) is 4.99. The van der Waals surface area contributed by atoms with Gasteiger partial charge in [-0.2, -0.15) is 13.2 Å². The van der Waals surface area contributed by atoms with Gasteiger partial charge < -0.3 is 5.11 Å². The third-order valence-corrected chi connectivity index (χ3v) is 2.36. The van der Waals surface area contributed by atoms with Gasteiger partial charge in [0.05, 0.1) is 5.56 Å². The van der Waals surface area contributed by atoms with Crippen molar-refractivity contribution < 1.29 is 23.1 Å². The molecular weight excluding hydrogens is 225 g/mol. The van der Waals surface area contributed by atoms with Crippen LogP contribution in [0.15, 0.2) is 24.3 Å². The number of carboxylic acids is 1. The standard InChI is InChI=1S/C9H7F3N2O2/c10-9(11,12)8(13-14-8)6-4-2-1-3-5(6)7(15)16/h1-4,13-14H,(H,15,16). The van der Waals surface area contributed by atoms with Gasteiger partial charge in [0.15, 0.2) is 0 Å². The normalized spacial score (nSPS) is 18.2. The van der Waals surface area contributed by atoms with E-state index in [9.17, 15) is 18.0 Å². The Balaban J connectivity index is 2.53. The average Bonchev–Trinajstić information content (AvgIpc) is 2.97. The molecule has 0 amide bonds. The number of alkyl halides is 3. The van der Waals surface area contributed by atoms with Gasteiger partial charge in [-0.1, -0.05) is 18.2 Å². The molecule has 1 aromatic rings. The Morgan fingerprint density at radius 2 is 1.81 bits per heavy atom. The van der Waals surface area contributed by atoms with Gasteiger partial charge >= 0.3 is 12.1 Å². The van der Waals surface area contributed by atoms with Crippen molar-refractivity contribution >= 4 is 5.97 Å². The van der Waals surface area contributed by atoms with Crippen LogP contribution in [0.25, 0.3) is 0 Å². The summed E-state index contributed by atoms with van der Waals surface area (Å²) in [6.07, 6.45) is -4.60.